The second-order valence-electron chi connectivity index (χ2n) is 5.16. The van der Waals surface area contributed by atoms with Crippen molar-refractivity contribution >= 4 is 22.1 Å². The van der Waals surface area contributed by atoms with Gasteiger partial charge in [-0.15, -0.1) is 0 Å². The Labute approximate surface area is 122 Å². The van der Waals surface area contributed by atoms with E-state index >= 15 is 0 Å². The van der Waals surface area contributed by atoms with Gasteiger partial charge >= 0.3 is 0 Å². The fourth-order valence-corrected chi connectivity index (χ4v) is 2.80. The normalized spacial score (nSPS) is 11.5. The van der Waals surface area contributed by atoms with E-state index < -0.39 is 0 Å². The van der Waals surface area contributed by atoms with Gasteiger partial charge in [-0.05, 0) is 24.3 Å². The fourth-order valence-electron chi connectivity index (χ4n) is 2.80. The summed E-state index contributed by atoms with van der Waals surface area (Å²) in [7, 11) is 0. The molecule has 0 unspecified atom stereocenters. The first-order valence-corrected chi connectivity index (χ1v) is 7.23. The third-order valence-electron chi connectivity index (χ3n) is 3.80. The number of nitrogens with one attached hydrogen (secondary N) is 1. The van der Waals surface area contributed by atoms with E-state index in [-0.39, 0.29) is 0 Å². The first-order valence-electron chi connectivity index (χ1n) is 7.23. The van der Waals surface area contributed by atoms with Crippen molar-refractivity contribution in [3.8, 4) is 0 Å². The minimum Gasteiger partial charge on any atom is -0.340 e. The number of imidazole rings is 2. The Morgan fingerprint density at radius 3 is 2.52 bits per heavy atom. The number of H-pyrrole nitrogens is 1. The summed E-state index contributed by atoms with van der Waals surface area (Å²) in [6, 6.07) is 16.4. The number of aryl methyl sites for hydroxylation is 1. The molecule has 4 rings (SSSR count). The van der Waals surface area contributed by atoms with Crippen molar-refractivity contribution in [3.63, 3.8) is 0 Å². The minimum absolute atomic E-state index is 0.721. The molecular formula is C17H16N4. The minimum atomic E-state index is 0.721. The molecule has 4 aromatic rings. The molecule has 0 spiro atoms. The Kier molecular flexibility index (Phi) is 2.74. The standard InChI is InChI=1S/C17H16N4/c1-2-17-20-14-9-5-6-10-15(14)21(17)11-16-18-12-7-3-4-8-13(12)19-16/h3-10H,2,11H2,1H3,(H,18,19). The Morgan fingerprint density at radius 1 is 0.952 bits per heavy atom. The molecule has 4 heteroatoms. The van der Waals surface area contributed by atoms with E-state index in [1.165, 1.54) is 0 Å². The van der Waals surface area contributed by atoms with Crippen molar-refractivity contribution < 1.29 is 0 Å². The van der Waals surface area contributed by atoms with Crippen LogP contribution in [0.4, 0.5) is 0 Å². The van der Waals surface area contributed by atoms with Crippen molar-refractivity contribution in [3.05, 3.63) is 60.2 Å². The van der Waals surface area contributed by atoms with Crippen LogP contribution < -0.4 is 0 Å². The van der Waals surface area contributed by atoms with E-state index in [0.717, 1.165) is 46.7 Å². The van der Waals surface area contributed by atoms with Crippen LogP contribution in [0.2, 0.25) is 0 Å². The molecule has 0 saturated carbocycles. The zero-order chi connectivity index (χ0) is 14.2. The van der Waals surface area contributed by atoms with E-state index in [4.69, 9.17) is 4.98 Å². The van der Waals surface area contributed by atoms with Crippen LogP contribution in [0, 0.1) is 0 Å². The molecule has 0 amide bonds. The number of fused-ring (bicyclic) bond motifs is 2. The molecule has 0 radical (unpaired) electrons. The maximum Gasteiger partial charge on any atom is 0.127 e. The van der Waals surface area contributed by atoms with Crippen molar-refractivity contribution in [2.45, 2.75) is 19.9 Å². The van der Waals surface area contributed by atoms with Crippen molar-refractivity contribution in [1.29, 1.82) is 0 Å². The molecule has 0 aliphatic carbocycles. The first kappa shape index (κ1) is 12.1. The van der Waals surface area contributed by atoms with Crippen LogP contribution in [0.25, 0.3) is 22.1 Å². The Morgan fingerprint density at radius 2 is 1.71 bits per heavy atom. The number of hydrogen-bond donors (Lipinski definition) is 1. The van der Waals surface area contributed by atoms with Crippen molar-refractivity contribution in [1.82, 2.24) is 19.5 Å². The fraction of sp³-hybridized carbons (Fsp3) is 0.176. The highest BCUT2D eigenvalue weighted by Gasteiger charge is 2.11. The maximum absolute atomic E-state index is 4.70. The summed E-state index contributed by atoms with van der Waals surface area (Å²) in [4.78, 5) is 12.8. The predicted octanol–water partition coefficient (Wildman–Crippen LogP) is 3.52. The van der Waals surface area contributed by atoms with Crippen LogP contribution in [-0.2, 0) is 13.0 Å². The van der Waals surface area contributed by atoms with Gasteiger partial charge in [0.1, 0.15) is 11.6 Å². The topological polar surface area (TPSA) is 46.5 Å². The average molecular weight is 276 g/mol. The molecular weight excluding hydrogens is 260 g/mol. The van der Waals surface area contributed by atoms with Gasteiger partial charge in [0.2, 0.25) is 0 Å². The molecule has 0 bridgehead atoms. The van der Waals surface area contributed by atoms with Gasteiger partial charge in [-0.25, -0.2) is 9.97 Å². The van der Waals surface area contributed by atoms with Gasteiger partial charge < -0.3 is 9.55 Å². The maximum atomic E-state index is 4.70. The molecule has 4 nitrogen and oxygen atoms in total. The molecule has 104 valence electrons. The highest BCUT2D eigenvalue weighted by atomic mass is 15.1. The number of nitrogens with zero attached hydrogens (tertiary/aromatic N) is 3. The average Bonchev–Trinajstić information content (AvgIpc) is 3.08. The van der Waals surface area contributed by atoms with Gasteiger partial charge in [-0.2, -0.15) is 0 Å². The zero-order valence-electron chi connectivity index (χ0n) is 11.9. The summed E-state index contributed by atoms with van der Waals surface area (Å²) < 4.78 is 2.24. The molecule has 1 N–H and O–H groups in total. The van der Waals surface area contributed by atoms with Crippen molar-refractivity contribution in [2.75, 3.05) is 0 Å². The number of rotatable bonds is 3. The largest absolute Gasteiger partial charge is 0.340 e. The molecule has 21 heavy (non-hydrogen) atoms. The highest BCUT2D eigenvalue weighted by molar-refractivity contribution is 5.76. The van der Waals surface area contributed by atoms with Crippen LogP contribution in [0.15, 0.2) is 48.5 Å². The van der Waals surface area contributed by atoms with Gasteiger partial charge in [0, 0.05) is 6.42 Å². The van der Waals surface area contributed by atoms with E-state index in [2.05, 4.69) is 45.7 Å². The zero-order valence-corrected chi connectivity index (χ0v) is 11.9. The van der Waals surface area contributed by atoms with Gasteiger partial charge in [0.25, 0.3) is 0 Å². The second kappa shape index (κ2) is 4.74. The van der Waals surface area contributed by atoms with Crippen molar-refractivity contribution in [2.24, 2.45) is 0 Å². The lowest BCUT2D eigenvalue weighted by molar-refractivity contribution is 0.725. The van der Waals surface area contributed by atoms with Gasteiger partial charge in [0.05, 0.1) is 28.6 Å². The predicted molar refractivity (Wildman–Crippen MR) is 84.3 cm³/mol. The van der Waals surface area contributed by atoms with E-state index in [1.807, 2.05) is 24.3 Å². The van der Waals surface area contributed by atoms with Gasteiger partial charge in [0.15, 0.2) is 0 Å². The molecule has 2 heterocycles. The first-order chi connectivity index (χ1) is 10.3. The smallest absolute Gasteiger partial charge is 0.127 e. The molecule has 2 aromatic heterocycles. The molecule has 0 aliphatic heterocycles. The quantitative estimate of drug-likeness (QED) is 0.622. The molecule has 2 aromatic carbocycles. The number of hydrogen-bond acceptors (Lipinski definition) is 2. The Balaban J connectivity index is 1.82. The SMILES string of the molecule is CCc1nc2ccccc2n1Cc1nc2ccccc2[nH]1. The third kappa shape index (κ3) is 2.00. The molecule has 0 atom stereocenters. The second-order valence-corrected chi connectivity index (χ2v) is 5.16. The number of para-hydroxylation sites is 4. The third-order valence-corrected chi connectivity index (χ3v) is 3.80. The molecule has 0 saturated heterocycles. The molecule has 0 aliphatic rings. The summed E-state index contributed by atoms with van der Waals surface area (Å²) in [5.41, 5.74) is 4.30. The van der Waals surface area contributed by atoms with Crippen LogP contribution in [0.3, 0.4) is 0 Å². The number of aromatic nitrogens is 4. The van der Waals surface area contributed by atoms with Gasteiger partial charge in [-0.1, -0.05) is 31.2 Å². The lowest BCUT2D eigenvalue weighted by Crippen LogP contribution is -2.05. The lowest BCUT2D eigenvalue weighted by atomic mass is 10.3. The number of benzene rings is 2. The highest BCUT2D eigenvalue weighted by Crippen LogP contribution is 2.18. The van der Waals surface area contributed by atoms with Crippen LogP contribution in [0.5, 0.6) is 0 Å². The monoisotopic (exact) mass is 276 g/mol. The summed E-state index contributed by atoms with van der Waals surface area (Å²) in [5, 5.41) is 0. The van der Waals surface area contributed by atoms with Gasteiger partial charge in [-0.3, -0.25) is 0 Å². The summed E-state index contributed by atoms with van der Waals surface area (Å²) >= 11 is 0. The lowest BCUT2D eigenvalue weighted by Gasteiger charge is -2.05. The van der Waals surface area contributed by atoms with Crippen LogP contribution in [-0.4, -0.2) is 19.5 Å². The summed E-state index contributed by atoms with van der Waals surface area (Å²) in [6.07, 6.45) is 0.912. The summed E-state index contributed by atoms with van der Waals surface area (Å²) in [6.45, 7) is 2.86. The van der Waals surface area contributed by atoms with E-state index in [1.54, 1.807) is 0 Å². The van der Waals surface area contributed by atoms with Crippen LogP contribution in [0.1, 0.15) is 18.6 Å². The Bertz CT molecular complexity index is 884. The Hall–Kier alpha value is -2.62. The molecule has 0 fully saturated rings. The number of aromatic amines is 1. The van der Waals surface area contributed by atoms with E-state index in [9.17, 15) is 0 Å². The van der Waals surface area contributed by atoms with E-state index in [0.29, 0.717) is 0 Å². The summed E-state index contributed by atoms with van der Waals surface area (Å²) in [5.74, 6) is 2.06. The van der Waals surface area contributed by atoms with Crippen LogP contribution >= 0.6 is 0 Å².